The van der Waals surface area contributed by atoms with E-state index < -0.39 is 17.8 Å². The van der Waals surface area contributed by atoms with Gasteiger partial charge in [-0.05, 0) is 35.4 Å². The first-order chi connectivity index (χ1) is 17.6. The Morgan fingerprint density at radius 2 is 1.19 bits per heavy atom. The number of benzene rings is 4. The van der Waals surface area contributed by atoms with Crippen molar-refractivity contribution in [1.29, 1.82) is 0 Å². The highest BCUT2D eigenvalue weighted by Crippen LogP contribution is 2.42. The summed E-state index contributed by atoms with van der Waals surface area (Å²) >= 11 is 0. The molecule has 2 atom stereocenters. The fourth-order valence-corrected chi connectivity index (χ4v) is 4.21. The summed E-state index contributed by atoms with van der Waals surface area (Å²) in [5.41, 5.74) is 2.10. The van der Waals surface area contributed by atoms with E-state index in [4.69, 9.17) is 4.74 Å². The number of amides is 3. The molecule has 4 aromatic rings. The quantitative estimate of drug-likeness (QED) is 0.293. The Balaban J connectivity index is 1.39. The third-order valence-corrected chi connectivity index (χ3v) is 6.14. The molecule has 3 N–H and O–H groups in total. The highest BCUT2D eigenvalue weighted by molar-refractivity contribution is 5.96. The normalized spacial score (nSPS) is 18.3. The minimum absolute atomic E-state index is 0.280. The van der Waals surface area contributed by atoms with Crippen LogP contribution in [0.2, 0.25) is 0 Å². The van der Waals surface area contributed by atoms with Crippen molar-refractivity contribution >= 4 is 17.6 Å². The van der Waals surface area contributed by atoms with Crippen molar-refractivity contribution in [2.45, 2.75) is 24.3 Å². The van der Waals surface area contributed by atoms with Gasteiger partial charge in [0.15, 0.2) is 0 Å². The molecule has 6 nitrogen and oxygen atoms in total. The van der Waals surface area contributed by atoms with E-state index in [2.05, 4.69) is 16.0 Å². The summed E-state index contributed by atoms with van der Waals surface area (Å²) in [4.78, 5) is 26.0. The van der Waals surface area contributed by atoms with E-state index in [1.165, 1.54) is 0 Å². The molecule has 0 heterocycles. The Labute approximate surface area is 210 Å². The van der Waals surface area contributed by atoms with E-state index in [1.54, 1.807) is 36.4 Å². The maximum absolute atomic E-state index is 13.1. The van der Waals surface area contributed by atoms with Crippen LogP contribution in [0.5, 0.6) is 0 Å². The molecule has 0 radical (unpaired) electrons. The summed E-state index contributed by atoms with van der Waals surface area (Å²) in [6.07, 6.45) is -0.354. The zero-order valence-corrected chi connectivity index (χ0v) is 19.6. The predicted octanol–water partition coefficient (Wildman–Crippen LogP) is 5.51. The number of anilines is 1. The van der Waals surface area contributed by atoms with Gasteiger partial charge in [-0.15, -0.1) is 0 Å². The molecule has 36 heavy (non-hydrogen) atoms. The summed E-state index contributed by atoms with van der Waals surface area (Å²) in [5, 5.41) is 8.82. The summed E-state index contributed by atoms with van der Waals surface area (Å²) in [6, 6.07) is 37.5. The van der Waals surface area contributed by atoms with Gasteiger partial charge in [0.05, 0.1) is 0 Å². The van der Waals surface area contributed by atoms with Crippen molar-refractivity contribution in [3.8, 4) is 0 Å². The minimum atomic E-state index is -1.05. The molecule has 180 valence electrons. The van der Waals surface area contributed by atoms with E-state index in [9.17, 15) is 9.59 Å². The molecule has 1 aliphatic rings. The number of para-hydroxylation sites is 1. The van der Waals surface area contributed by atoms with E-state index in [0.29, 0.717) is 17.7 Å². The minimum Gasteiger partial charge on any atom is -0.361 e. The monoisotopic (exact) mass is 477 g/mol. The van der Waals surface area contributed by atoms with Crippen LogP contribution < -0.4 is 16.0 Å². The van der Waals surface area contributed by atoms with Crippen molar-refractivity contribution in [2.75, 3.05) is 5.32 Å². The molecule has 5 rings (SSSR count). The fraction of sp³-hybridized carbons (Fsp3) is 0.133. The average molecular weight is 478 g/mol. The van der Waals surface area contributed by atoms with E-state index >= 15 is 0 Å². The molecule has 2 unspecified atom stereocenters. The Morgan fingerprint density at radius 1 is 0.694 bits per heavy atom. The van der Waals surface area contributed by atoms with Crippen molar-refractivity contribution < 1.29 is 14.3 Å². The van der Waals surface area contributed by atoms with Gasteiger partial charge in [-0.25, -0.2) is 4.79 Å². The largest absolute Gasteiger partial charge is 0.361 e. The maximum atomic E-state index is 13.1. The molecule has 1 fully saturated rings. The maximum Gasteiger partial charge on any atom is 0.321 e. The number of hydrogen-bond acceptors (Lipinski definition) is 3. The molecule has 6 heteroatoms. The Bertz CT molecular complexity index is 1260. The molecule has 3 amide bonds. The van der Waals surface area contributed by atoms with Crippen LogP contribution in [0, 0.1) is 0 Å². The van der Waals surface area contributed by atoms with Crippen LogP contribution in [0.4, 0.5) is 10.5 Å². The van der Waals surface area contributed by atoms with Crippen molar-refractivity contribution in [3.63, 3.8) is 0 Å². The molecule has 0 aromatic heterocycles. The zero-order chi connectivity index (χ0) is 24.8. The van der Waals surface area contributed by atoms with Crippen LogP contribution >= 0.6 is 0 Å². The Morgan fingerprint density at radius 3 is 1.75 bits per heavy atom. The molecule has 0 aliphatic heterocycles. The van der Waals surface area contributed by atoms with Gasteiger partial charge in [0.1, 0.15) is 17.9 Å². The van der Waals surface area contributed by atoms with Gasteiger partial charge >= 0.3 is 6.03 Å². The summed E-state index contributed by atoms with van der Waals surface area (Å²) in [5.74, 6) is -0.280. The highest BCUT2D eigenvalue weighted by Gasteiger charge is 2.59. The number of carbonyl (C=O) groups excluding carboxylic acids is 2. The topological polar surface area (TPSA) is 79.5 Å². The number of hydrogen-bond donors (Lipinski definition) is 3. The van der Waals surface area contributed by atoms with Crippen molar-refractivity contribution in [1.82, 2.24) is 10.6 Å². The van der Waals surface area contributed by atoms with Crippen LogP contribution in [-0.2, 0) is 4.74 Å². The van der Waals surface area contributed by atoms with Gasteiger partial charge in [-0.3, -0.25) is 4.79 Å². The zero-order valence-electron chi connectivity index (χ0n) is 19.6. The summed E-state index contributed by atoms with van der Waals surface area (Å²) in [7, 11) is 0. The van der Waals surface area contributed by atoms with E-state index in [0.717, 1.165) is 11.1 Å². The standard InChI is InChI=1S/C30H27N3O3/c34-28(24-17-9-3-10-18-24)32-30(33-29(35)31-25-19-11-4-12-20-25)21-26(30)36-27(22-13-5-1-6-14-22)23-15-7-2-8-16-23/h1-20,26-27H,21H2,(H,32,34)(H2,31,33,35). The highest BCUT2D eigenvalue weighted by atomic mass is 16.5. The average Bonchev–Trinajstić information content (AvgIpc) is 3.59. The smallest absolute Gasteiger partial charge is 0.321 e. The first kappa shape index (κ1) is 23.3. The lowest BCUT2D eigenvalue weighted by molar-refractivity contribution is 0.0437. The van der Waals surface area contributed by atoms with Gasteiger partial charge < -0.3 is 20.7 Å². The summed E-state index contributed by atoms with van der Waals surface area (Å²) < 4.78 is 6.58. The Hall–Kier alpha value is -4.42. The number of rotatable bonds is 8. The molecule has 1 aliphatic carbocycles. The van der Waals surface area contributed by atoms with Gasteiger partial charge in [0.25, 0.3) is 5.91 Å². The van der Waals surface area contributed by atoms with Crippen molar-refractivity contribution in [3.05, 3.63) is 138 Å². The molecule has 0 saturated heterocycles. The fourth-order valence-electron chi connectivity index (χ4n) is 4.21. The second-order valence-corrected chi connectivity index (χ2v) is 8.77. The van der Waals surface area contributed by atoms with Crippen LogP contribution in [0.25, 0.3) is 0 Å². The van der Waals surface area contributed by atoms with Crippen molar-refractivity contribution in [2.24, 2.45) is 0 Å². The van der Waals surface area contributed by atoms with Crippen LogP contribution in [0.1, 0.15) is 34.0 Å². The molecule has 1 saturated carbocycles. The lowest BCUT2D eigenvalue weighted by atomic mass is 10.0. The third kappa shape index (κ3) is 5.45. The lowest BCUT2D eigenvalue weighted by Crippen LogP contribution is -2.54. The van der Waals surface area contributed by atoms with Gasteiger partial charge in [0, 0.05) is 17.7 Å². The van der Waals surface area contributed by atoms with Crippen LogP contribution in [0.15, 0.2) is 121 Å². The first-order valence-corrected chi connectivity index (χ1v) is 11.9. The third-order valence-electron chi connectivity index (χ3n) is 6.14. The van der Waals surface area contributed by atoms with Gasteiger partial charge in [0.2, 0.25) is 0 Å². The van der Waals surface area contributed by atoms with E-state index in [1.807, 2.05) is 84.9 Å². The molecular weight excluding hydrogens is 450 g/mol. The number of ether oxygens (including phenoxy) is 1. The summed E-state index contributed by atoms with van der Waals surface area (Å²) in [6.45, 7) is 0. The van der Waals surface area contributed by atoms with Crippen LogP contribution in [-0.4, -0.2) is 23.7 Å². The predicted molar refractivity (Wildman–Crippen MR) is 139 cm³/mol. The number of nitrogens with one attached hydrogen (secondary N) is 3. The Kier molecular flexibility index (Phi) is 6.78. The molecular formula is C30H27N3O3. The molecule has 0 spiro atoms. The van der Waals surface area contributed by atoms with Gasteiger partial charge in [-0.2, -0.15) is 0 Å². The number of carbonyl (C=O) groups is 2. The van der Waals surface area contributed by atoms with Crippen LogP contribution in [0.3, 0.4) is 0 Å². The second-order valence-electron chi connectivity index (χ2n) is 8.77. The second kappa shape index (κ2) is 10.5. The number of urea groups is 1. The lowest BCUT2D eigenvalue weighted by Gasteiger charge is -2.25. The molecule has 4 aromatic carbocycles. The SMILES string of the molecule is O=C(Nc1ccccc1)NC1(NC(=O)c2ccccc2)CC1OC(c1ccccc1)c1ccccc1. The first-order valence-electron chi connectivity index (χ1n) is 11.9. The van der Waals surface area contributed by atoms with Gasteiger partial charge in [-0.1, -0.05) is 97.1 Å². The molecule has 0 bridgehead atoms. The van der Waals surface area contributed by atoms with E-state index in [-0.39, 0.29) is 12.0 Å².